The van der Waals surface area contributed by atoms with Gasteiger partial charge in [0.05, 0.1) is 24.9 Å². The molecular formula is C14H20ClN3O3. The van der Waals surface area contributed by atoms with Crippen molar-refractivity contribution in [3.05, 3.63) is 23.2 Å². The van der Waals surface area contributed by atoms with E-state index in [4.69, 9.17) is 21.1 Å². The van der Waals surface area contributed by atoms with Crippen molar-refractivity contribution in [2.24, 2.45) is 0 Å². The number of aromatic nitrogens is 2. The number of hydrogen-bond acceptors (Lipinski definition) is 5. The number of amides is 1. The van der Waals surface area contributed by atoms with Crippen LogP contribution in [-0.2, 0) is 16.1 Å². The van der Waals surface area contributed by atoms with Gasteiger partial charge in [-0.2, -0.15) is 0 Å². The summed E-state index contributed by atoms with van der Waals surface area (Å²) >= 11 is 5.72. The van der Waals surface area contributed by atoms with Gasteiger partial charge < -0.3 is 14.4 Å². The van der Waals surface area contributed by atoms with E-state index >= 15 is 0 Å². The standard InChI is InChI=1S/C14H20ClN3O3/c1-14(2,3)21-13(19)18-7-5-11(8-18)20-9-10-4-6-16-12(15)17-10/h4,6,11H,5,7-9H2,1-3H3/t11-/m0/s1. The van der Waals surface area contributed by atoms with Gasteiger partial charge in [-0.05, 0) is 44.9 Å². The summed E-state index contributed by atoms with van der Waals surface area (Å²) in [6.07, 6.45) is 2.08. The Balaban J connectivity index is 1.79. The number of hydrogen-bond donors (Lipinski definition) is 0. The molecule has 2 rings (SSSR count). The number of halogens is 1. The summed E-state index contributed by atoms with van der Waals surface area (Å²) < 4.78 is 11.1. The SMILES string of the molecule is CC(C)(C)OC(=O)N1CC[C@H](OCc2ccnc(Cl)n2)C1. The van der Waals surface area contributed by atoms with Crippen molar-refractivity contribution >= 4 is 17.7 Å². The fraction of sp³-hybridized carbons (Fsp3) is 0.643. The number of likely N-dealkylation sites (tertiary alicyclic amines) is 1. The average molecular weight is 314 g/mol. The summed E-state index contributed by atoms with van der Waals surface area (Å²) in [7, 11) is 0. The van der Waals surface area contributed by atoms with Gasteiger partial charge in [0.2, 0.25) is 5.28 Å². The predicted molar refractivity (Wildman–Crippen MR) is 78.0 cm³/mol. The zero-order valence-corrected chi connectivity index (χ0v) is 13.3. The summed E-state index contributed by atoms with van der Waals surface area (Å²) in [6.45, 7) is 7.10. The van der Waals surface area contributed by atoms with Gasteiger partial charge in [0.1, 0.15) is 5.60 Å². The number of ether oxygens (including phenoxy) is 2. The highest BCUT2D eigenvalue weighted by Crippen LogP contribution is 2.18. The van der Waals surface area contributed by atoms with Crippen molar-refractivity contribution < 1.29 is 14.3 Å². The molecule has 0 aromatic carbocycles. The van der Waals surface area contributed by atoms with E-state index in [1.165, 1.54) is 0 Å². The van der Waals surface area contributed by atoms with Gasteiger partial charge in [0.25, 0.3) is 0 Å². The average Bonchev–Trinajstić information content (AvgIpc) is 2.83. The van der Waals surface area contributed by atoms with Crippen LogP contribution in [0, 0.1) is 0 Å². The largest absolute Gasteiger partial charge is 0.444 e. The highest BCUT2D eigenvalue weighted by Gasteiger charge is 2.30. The zero-order valence-electron chi connectivity index (χ0n) is 12.5. The molecule has 6 nitrogen and oxygen atoms in total. The maximum atomic E-state index is 11.9. The fourth-order valence-electron chi connectivity index (χ4n) is 2.01. The van der Waals surface area contributed by atoms with E-state index in [0.717, 1.165) is 12.1 Å². The van der Waals surface area contributed by atoms with Gasteiger partial charge >= 0.3 is 6.09 Å². The zero-order chi connectivity index (χ0) is 15.5. The molecule has 0 N–H and O–H groups in total. The van der Waals surface area contributed by atoms with E-state index in [2.05, 4.69) is 9.97 Å². The smallest absolute Gasteiger partial charge is 0.410 e. The molecular weight excluding hydrogens is 294 g/mol. The third-order valence-electron chi connectivity index (χ3n) is 2.95. The van der Waals surface area contributed by atoms with Gasteiger partial charge in [-0.1, -0.05) is 0 Å². The van der Waals surface area contributed by atoms with Crippen molar-refractivity contribution in [1.29, 1.82) is 0 Å². The molecule has 0 saturated carbocycles. The van der Waals surface area contributed by atoms with E-state index < -0.39 is 5.60 Å². The minimum absolute atomic E-state index is 0.00809. The Morgan fingerprint density at radius 3 is 2.95 bits per heavy atom. The molecule has 0 unspecified atom stereocenters. The minimum atomic E-state index is -0.478. The summed E-state index contributed by atoms with van der Waals surface area (Å²) in [4.78, 5) is 21.5. The van der Waals surface area contributed by atoms with Gasteiger partial charge in [0, 0.05) is 12.7 Å². The molecule has 1 aliphatic heterocycles. The van der Waals surface area contributed by atoms with Crippen LogP contribution in [0.4, 0.5) is 4.79 Å². The second-order valence-corrected chi connectivity index (χ2v) is 6.30. The second kappa shape index (κ2) is 6.58. The molecule has 1 aromatic heterocycles. The maximum Gasteiger partial charge on any atom is 0.410 e. The molecule has 2 heterocycles. The summed E-state index contributed by atoms with van der Waals surface area (Å²) in [6, 6.07) is 1.76. The van der Waals surface area contributed by atoms with Crippen LogP contribution < -0.4 is 0 Å². The number of nitrogens with zero attached hydrogens (tertiary/aromatic N) is 3. The molecule has 21 heavy (non-hydrogen) atoms. The van der Waals surface area contributed by atoms with Crippen LogP contribution in [-0.4, -0.2) is 45.8 Å². The van der Waals surface area contributed by atoms with Crippen LogP contribution in [0.5, 0.6) is 0 Å². The molecule has 116 valence electrons. The third kappa shape index (κ3) is 5.13. The van der Waals surface area contributed by atoms with E-state index in [-0.39, 0.29) is 17.5 Å². The van der Waals surface area contributed by atoms with Gasteiger partial charge in [-0.25, -0.2) is 14.8 Å². The van der Waals surface area contributed by atoms with Crippen LogP contribution in [0.25, 0.3) is 0 Å². The minimum Gasteiger partial charge on any atom is -0.444 e. The topological polar surface area (TPSA) is 64.5 Å². The van der Waals surface area contributed by atoms with Crippen LogP contribution in [0.15, 0.2) is 12.3 Å². The van der Waals surface area contributed by atoms with E-state index in [9.17, 15) is 4.79 Å². The normalized spacial score (nSPS) is 18.9. The number of carbonyl (C=O) groups is 1. The molecule has 0 spiro atoms. The lowest BCUT2D eigenvalue weighted by Crippen LogP contribution is -2.36. The first kappa shape index (κ1) is 16.0. The Morgan fingerprint density at radius 2 is 2.29 bits per heavy atom. The Labute approximate surface area is 129 Å². The van der Waals surface area contributed by atoms with Crippen LogP contribution in [0.1, 0.15) is 32.9 Å². The molecule has 0 bridgehead atoms. The lowest BCUT2D eigenvalue weighted by molar-refractivity contribution is 0.0179. The Hall–Kier alpha value is -1.40. The summed E-state index contributed by atoms with van der Waals surface area (Å²) in [5.74, 6) is 0. The monoisotopic (exact) mass is 313 g/mol. The first-order chi connectivity index (χ1) is 9.83. The lowest BCUT2D eigenvalue weighted by atomic mass is 10.2. The number of carbonyl (C=O) groups excluding carboxylic acids is 1. The summed E-state index contributed by atoms with van der Waals surface area (Å²) in [5.41, 5.74) is 0.249. The van der Waals surface area contributed by atoms with E-state index in [1.54, 1.807) is 17.2 Å². The molecule has 1 amide bonds. The first-order valence-corrected chi connectivity index (χ1v) is 7.28. The molecule has 0 aliphatic carbocycles. The van der Waals surface area contributed by atoms with Crippen molar-refractivity contribution in [1.82, 2.24) is 14.9 Å². The molecule has 1 aromatic rings. The summed E-state index contributed by atoms with van der Waals surface area (Å²) in [5, 5.41) is 0.206. The maximum absolute atomic E-state index is 11.9. The van der Waals surface area contributed by atoms with Crippen molar-refractivity contribution in [2.75, 3.05) is 13.1 Å². The molecule has 0 radical (unpaired) electrons. The Bertz CT molecular complexity index is 504. The highest BCUT2D eigenvalue weighted by molar-refractivity contribution is 6.28. The van der Waals surface area contributed by atoms with Crippen LogP contribution in [0.2, 0.25) is 5.28 Å². The fourth-order valence-corrected chi connectivity index (χ4v) is 2.17. The predicted octanol–water partition coefficient (Wildman–Crippen LogP) is 2.66. The van der Waals surface area contributed by atoms with Gasteiger partial charge in [0.15, 0.2) is 0 Å². The van der Waals surface area contributed by atoms with E-state index in [0.29, 0.717) is 19.7 Å². The molecule has 7 heteroatoms. The second-order valence-electron chi connectivity index (χ2n) is 5.97. The molecule has 1 fully saturated rings. The van der Waals surface area contributed by atoms with Crippen molar-refractivity contribution in [3.8, 4) is 0 Å². The van der Waals surface area contributed by atoms with Gasteiger partial charge in [-0.3, -0.25) is 0 Å². The van der Waals surface area contributed by atoms with Crippen LogP contribution >= 0.6 is 11.6 Å². The Morgan fingerprint density at radius 1 is 1.52 bits per heavy atom. The molecule has 1 aliphatic rings. The first-order valence-electron chi connectivity index (χ1n) is 6.90. The lowest BCUT2D eigenvalue weighted by Gasteiger charge is -2.24. The van der Waals surface area contributed by atoms with Crippen LogP contribution in [0.3, 0.4) is 0 Å². The molecule has 1 atom stereocenters. The van der Waals surface area contributed by atoms with Crippen molar-refractivity contribution in [2.45, 2.75) is 45.5 Å². The third-order valence-corrected chi connectivity index (χ3v) is 3.13. The number of rotatable bonds is 3. The molecule has 1 saturated heterocycles. The quantitative estimate of drug-likeness (QED) is 0.803. The highest BCUT2D eigenvalue weighted by atomic mass is 35.5. The van der Waals surface area contributed by atoms with Gasteiger partial charge in [-0.15, -0.1) is 0 Å². The van der Waals surface area contributed by atoms with Crippen molar-refractivity contribution in [3.63, 3.8) is 0 Å². The van der Waals surface area contributed by atoms with E-state index in [1.807, 2.05) is 20.8 Å². The Kier molecular flexibility index (Phi) is 5.00.